The van der Waals surface area contributed by atoms with Crippen molar-refractivity contribution < 1.29 is 29.0 Å². The van der Waals surface area contributed by atoms with Crippen LogP contribution in [0.4, 0.5) is 5.69 Å². The average Bonchev–Trinajstić information content (AvgIpc) is 3.55. The van der Waals surface area contributed by atoms with Crippen LogP contribution in [0.2, 0.25) is 0 Å². The summed E-state index contributed by atoms with van der Waals surface area (Å²) in [6, 6.07) is 7.82. The first-order chi connectivity index (χ1) is 21.2. The van der Waals surface area contributed by atoms with Crippen molar-refractivity contribution in [2.24, 2.45) is 17.8 Å². The molecule has 1 aromatic carbocycles. The van der Waals surface area contributed by atoms with Gasteiger partial charge in [0.2, 0.25) is 17.7 Å². The van der Waals surface area contributed by atoms with Crippen LogP contribution in [0.25, 0.3) is 0 Å². The van der Waals surface area contributed by atoms with Crippen molar-refractivity contribution in [3.63, 3.8) is 0 Å². The van der Waals surface area contributed by atoms with Crippen LogP contribution in [0.15, 0.2) is 55.6 Å². The van der Waals surface area contributed by atoms with Gasteiger partial charge < -0.3 is 29.3 Å². The number of nitrogens with zero attached hydrogens (tertiary/aromatic N) is 4. The summed E-state index contributed by atoms with van der Waals surface area (Å²) in [5, 5.41) is 10.5. The molecule has 0 aliphatic carbocycles. The molecule has 10 nitrogen and oxygen atoms in total. The number of benzene rings is 1. The van der Waals surface area contributed by atoms with Gasteiger partial charge in [0.05, 0.1) is 43.3 Å². The molecule has 3 amide bonds. The smallest absolute Gasteiger partial charge is 0.248 e. The molecule has 5 rings (SSSR count). The second-order valence-electron chi connectivity index (χ2n) is 12.8. The maximum atomic E-state index is 14.7. The van der Waals surface area contributed by atoms with Crippen molar-refractivity contribution in [3.05, 3.63) is 55.6 Å². The molecule has 0 aromatic heterocycles. The molecule has 1 N–H and O–H groups in total. The lowest BCUT2D eigenvalue weighted by molar-refractivity contribution is -0.155. The third-order valence-corrected chi connectivity index (χ3v) is 10.4. The first-order valence-electron chi connectivity index (χ1n) is 16.0. The van der Waals surface area contributed by atoms with E-state index in [0.717, 1.165) is 13.1 Å². The lowest BCUT2D eigenvalue weighted by atomic mass is 9.62. The highest BCUT2D eigenvalue weighted by Gasteiger charge is 2.80. The molecule has 4 aliphatic rings. The molecular formula is C34H48N4O6. The SMILES string of the molecule is C=CCN(CCN1CCOCC1)C(=O)C1N([C@@H](CC)CO)C(=O)[C@@H]2[C@H](C(=O)N(CC=C)c3ccccc3)[C@@]3(C)OC12CC3C. The zero-order valence-corrected chi connectivity index (χ0v) is 26.4. The Bertz CT molecular complexity index is 1230. The topological polar surface area (TPSA) is 103 Å². The number of hydrogen-bond donors (Lipinski definition) is 1. The highest BCUT2D eigenvalue weighted by atomic mass is 16.5. The average molecular weight is 609 g/mol. The molecule has 1 aromatic rings. The molecule has 2 bridgehead atoms. The van der Waals surface area contributed by atoms with Gasteiger partial charge in [0.15, 0.2) is 0 Å². The summed E-state index contributed by atoms with van der Waals surface area (Å²) in [5.74, 6) is -2.49. The minimum absolute atomic E-state index is 0.0903. The van der Waals surface area contributed by atoms with Crippen LogP contribution < -0.4 is 4.90 Å². The summed E-state index contributed by atoms with van der Waals surface area (Å²) >= 11 is 0. The second-order valence-corrected chi connectivity index (χ2v) is 12.8. The summed E-state index contributed by atoms with van der Waals surface area (Å²) in [5.41, 5.74) is -1.43. The number of carbonyl (C=O) groups is 3. The first kappa shape index (κ1) is 32.3. The molecule has 0 saturated carbocycles. The van der Waals surface area contributed by atoms with Crippen LogP contribution in [0, 0.1) is 17.8 Å². The molecule has 4 aliphatic heterocycles. The number of carbonyl (C=O) groups excluding carboxylic acids is 3. The summed E-state index contributed by atoms with van der Waals surface area (Å²) in [6.45, 7) is 18.0. The Balaban J connectivity index is 1.55. The van der Waals surface area contributed by atoms with Gasteiger partial charge in [-0.2, -0.15) is 0 Å². The Morgan fingerprint density at radius 1 is 1.14 bits per heavy atom. The Labute approximate surface area is 261 Å². The molecule has 3 unspecified atom stereocenters. The van der Waals surface area contributed by atoms with E-state index in [1.54, 1.807) is 26.9 Å². The molecule has 7 atom stereocenters. The second kappa shape index (κ2) is 13.1. The van der Waals surface area contributed by atoms with E-state index in [-0.39, 0.29) is 36.8 Å². The summed E-state index contributed by atoms with van der Waals surface area (Å²) in [7, 11) is 0. The van der Waals surface area contributed by atoms with Crippen molar-refractivity contribution >= 4 is 23.4 Å². The van der Waals surface area contributed by atoms with Crippen molar-refractivity contribution in [2.75, 3.05) is 64.0 Å². The van der Waals surface area contributed by atoms with E-state index in [4.69, 9.17) is 9.47 Å². The third-order valence-electron chi connectivity index (χ3n) is 10.4. The van der Waals surface area contributed by atoms with Gasteiger partial charge in [-0.25, -0.2) is 0 Å². The molecule has 4 fully saturated rings. The van der Waals surface area contributed by atoms with E-state index in [9.17, 15) is 19.5 Å². The van der Waals surface area contributed by atoms with Gasteiger partial charge in [0, 0.05) is 45.0 Å². The number of ether oxygens (including phenoxy) is 2. The monoisotopic (exact) mass is 608 g/mol. The Kier molecular flexibility index (Phi) is 9.65. The maximum absolute atomic E-state index is 14.7. The number of fused-ring (bicyclic) bond motifs is 1. The zero-order chi connectivity index (χ0) is 31.6. The fraction of sp³-hybridized carbons (Fsp3) is 0.618. The fourth-order valence-corrected chi connectivity index (χ4v) is 8.07. The number of anilines is 1. The van der Waals surface area contributed by atoms with Crippen LogP contribution in [0.3, 0.4) is 0 Å². The van der Waals surface area contributed by atoms with Crippen molar-refractivity contribution in [1.29, 1.82) is 0 Å². The van der Waals surface area contributed by atoms with E-state index < -0.39 is 35.1 Å². The van der Waals surface area contributed by atoms with Gasteiger partial charge in [-0.1, -0.05) is 44.2 Å². The maximum Gasteiger partial charge on any atom is 0.248 e. The molecular weight excluding hydrogens is 560 g/mol. The number of aliphatic hydroxyl groups is 1. The van der Waals surface area contributed by atoms with E-state index in [1.807, 2.05) is 51.1 Å². The number of aliphatic hydroxyl groups excluding tert-OH is 1. The Morgan fingerprint density at radius 2 is 1.82 bits per heavy atom. The number of likely N-dealkylation sites (tertiary alicyclic amines) is 1. The third kappa shape index (κ3) is 5.29. The van der Waals surface area contributed by atoms with Gasteiger partial charge in [0.1, 0.15) is 11.6 Å². The molecule has 1 spiro atoms. The lowest BCUT2D eigenvalue weighted by Crippen LogP contribution is -2.59. The summed E-state index contributed by atoms with van der Waals surface area (Å²) in [4.78, 5) is 51.3. The minimum Gasteiger partial charge on any atom is -0.394 e. The van der Waals surface area contributed by atoms with Crippen molar-refractivity contribution in [3.8, 4) is 0 Å². The lowest BCUT2D eigenvalue weighted by Gasteiger charge is -2.40. The quantitative estimate of drug-likeness (QED) is 0.343. The molecule has 0 radical (unpaired) electrons. The minimum atomic E-state index is -1.19. The summed E-state index contributed by atoms with van der Waals surface area (Å²) in [6.07, 6.45) is 4.31. The molecule has 10 heteroatoms. The molecule has 4 heterocycles. The molecule has 4 saturated heterocycles. The van der Waals surface area contributed by atoms with Gasteiger partial charge in [0.25, 0.3) is 0 Å². The van der Waals surface area contributed by atoms with Crippen LogP contribution in [-0.2, 0) is 23.9 Å². The largest absolute Gasteiger partial charge is 0.394 e. The van der Waals surface area contributed by atoms with Gasteiger partial charge in [-0.3, -0.25) is 19.3 Å². The van der Waals surface area contributed by atoms with E-state index in [2.05, 4.69) is 18.1 Å². The van der Waals surface area contributed by atoms with Gasteiger partial charge in [-0.15, -0.1) is 13.2 Å². The predicted molar refractivity (Wildman–Crippen MR) is 168 cm³/mol. The van der Waals surface area contributed by atoms with Crippen LogP contribution >= 0.6 is 0 Å². The Hall–Kier alpha value is -3.05. The number of amides is 3. The predicted octanol–water partition coefficient (Wildman–Crippen LogP) is 2.33. The molecule has 44 heavy (non-hydrogen) atoms. The zero-order valence-electron chi connectivity index (χ0n) is 26.4. The number of morpholine rings is 1. The van der Waals surface area contributed by atoms with Crippen LogP contribution in [0.1, 0.15) is 33.6 Å². The van der Waals surface area contributed by atoms with Crippen molar-refractivity contribution in [2.45, 2.75) is 56.9 Å². The highest BCUT2D eigenvalue weighted by Crippen LogP contribution is 2.66. The first-order valence-corrected chi connectivity index (χ1v) is 16.0. The standard InChI is InChI=1S/C34H48N4O6/c1-6-14-36(17-16-35-18-20-43-21-19-35)32(42)29-34-22-24(4)33(5,44-34)27(28(34)31(41)38(29)25(8-3)23-39)30(40)37(15-7-2)26-12-10-9-11-13-26/h6-7,9-13,24-25,27-29,39H,1-2,8,14-23H2,3-5H3/t24?,25-,27+,28-,29?,33-,34?/m0/s1. The Morgan fingerprint density at radius 3 is 2.43 bits per heavy atom. The summed E-state index contributed by atoms with van der Waals surface area (Å²) < 4.78 is 12.4. The van der Waals surface area contributed by atoms with E-state index in [1.165, 1.54) is 0 Å². The van der Waals surface area contributed by atoms with E-state index >= 15 is 0 Å². The number of hydrogen-bond acceptors (Lipinski definition) is 7. The highest BCUT2D eigenvalue weighted by molar-refractivity contribution is 6.03. The normalized spacial score (nSPS) is 31.9. The van der Waals surface area contributed by atoms with E-state index in [0.29, 0.717) is 51.4 Å². The number of para-hydroxylation sites is 1. The molecule has 240 valence electrons. The van der Waals surface area contributed by atoms with Crippen LogP contribution in [-0.4, -0.2) is 120 Å². The van der Waals surface area contributed by atoms with Crippen LogP contribution in [0.5, 0.6) is 0 Å². The van der Waals surface area contributed by atoms with Crippen molar-refractivity contribution in [1.82, 2.24) is 14.7 Å². The fourth-order valence-electron chi connectivity index (χ4n) is 8.07. The van der Waals surface area contributed by atoms with Gasteiger partial charge >= 0.3 is 0 Å². The van der Waals surface area contributed by atoms with Gasteiger partial charge in [-0.05, 0) is 37.8 Å². The number of rotatable bonds is 13.